The van der Waals surface area contributed by atoms with Crippen LogP contribution < -0.4 is 4.74 Å². The molecule has 6 rings (SSSR count). The Hall–Kier alpha value is -3.63. The molecule has 7 heteroatoms. The molecule has 2 aliphatic rings. The molecule has 1 fully saturated rings. The van der Waals surface area contributed by atoms with E-state index >= 15 is 0 Å². The average Bonchev–Trinajstić information content (AvgIpc) is 3.58. The molecule has 0 radical (unpaired) electrons. The number of hydrogen-bond donors (Lipinski definition) is 0. The van der Waals surface area contributed by atoms with Gasteiger partial charge in [-0.2, -0.15) is 10.4 Å². The molecule has 1 aliphatic heterocycles. The van der Waals surface area contributed by atoms with Crippen LogP contribution in [0.1, 0.15) is 54.7 Å². The Morgan fingerprint density at radius 1 is 1.16 bits per heavy atom. The number of aromatic nitrogens is 3. The van der Waals surface area contributed by atoms with Crippen LogP contribution in [0.3, 0.4) is 0 Å². The first-order chi connectivity index (χ1) is 15.8. The van der Waals surface area contributed by atoms with Gasteiger partial charge in [0.15, 0.2) is 18.4 Å². The van der Waals surface area contributed by atoms with Crippen molar-refractivity contribution in [2.75, 3.05) is 6.61 Å². The minimum Gasteiger partial charge on any atom is -0.486 e. The number of fused-ring (bicyclic) bond motifs is 2. The van der Waals surface area contributed by atoms with Crippen molar-refractivity contribution in [1.29, 1.82) is 5.26 Å². The Balaban J connectivity index is 1.40. The van der Waals surface area contributed by atoms with Gasteiger partial charge in [0.25, 0.3) is 0 Å². The first kappa shape index (κ1) is 19.1. The maximum absolute atomic E-state index is 9.55. The van der Waals surface area contributed by atoms with Crippen LogP contribution in [-0.2, 0) is 11.2 Å². The molecule has 160 valence electrons. The van der Waals surface area contributed by atoms with Gasteiger partial charge < -0.3 is 13.9 Å². The second-order valence-electron chi connectivity index (χ2n) is 8.29. The number of nitrogens with zero attached hydrogens (tertiary/aromatic N) is 4. The summed E-state index contributed by atoms with van der Waals surface area (Å²) in [6, 6.07) is 14.2. The molecule has 2 unspecified atom stereocenters. The summed E-state index contributed by atoms with van der Waals surface area (Å²) >= 11 is 0. The van der Waals surface area contributed by atoms with E-state index in [1.54, 1.807) is 6.20 Å². The van der Waals surface area contributed by atoms with Crippen molar-refractivity contribution in [2.45, 2.75) is 44.4 Å². The van der Waals surface area contributed by atoms with E-state index in [9.17, 15) is 5.26 Å². The third kappa shape index (κ3) is 3.15. The summed E-state index contributed by atoms with van der Waals surface area (Å²) in [5, 5.41) is 15.3. The number of rotatable bonds is 4. The van der Waals surface area contributed by atoms with Gasteiger partial charge in [-0.3, -0.25) is 0 Å². The molecule has 0 bridgehead atoms. The van der Waals surface area contributed by atoms with Gasteiger partial charge in [0, 0.05) is 17.6 Å². The Morgan fingerprint density at radius 3 is 2.94 bits per heavy atom. The predicted octanol–water partition coefficient (Wildman–Crippen LogP) is 5.33. The summed E-state index contributed by atoms with van der Waals surface area (Å²) in [5.74, 6) is 1.35. The van der Waals surface area contributed by atoms with Crippen molar-refractivity contribution in [3.8, 4) is 23.3 Å². The van der Waals surface area contributed by atoms with Crippen molar-refractivity contribution >= 4 is 10.9 Å². The third-order valence-electron chi connectivity index (χ3n) is 6.36. The van der Waals surface area contributed by atoms with Crippen LogP contribution >= 0.6 is 0 Å². The summed E-state index contributed by atoms with van der Waals surface area (Å²) in [6.07, 6.45) is 7.76. The van der Waals surface area contributed by atoms with Crippen LogP contribution in [0, 0.1) is 11.3 Å². The van der Waals surface area contributed by atoms with E-state index in [4.69, 9.17) is 19.0 Å². The number of ether oxygens (including phenoxy) is 2. The molecule has 0 saturated carbocycles. The molecule has 1 saturated heterocycles. The van der Waals surface area contributed by atoms with Gasteiger partial charge >= 0.3 is 0 Å². The SMILES string of the molecule is N#Cc1cccc2c1C(Oc1ccc3c(c1)c(-c1cnco1)nn3C1CCCCO1)CC2. The largest absolute Gasteiger partial charge is 0.486 e. The molecule has 0 N–H and O–H groups in total. The quantitative estimate of drug-likeness (QED) is 0.438. The van der Waals surface area contributed by atoms with Crippen LogP contribution in [-0.4, -0.2) is 21.4 Å². The van der Waals surface area contributed by atoms with Crippen molar-refractivity contribution in [3.05, 3.63) is 65.7 Å². The van der Waals surface area contributed by atoms with Gasteiger partial charge in [0.1, 0.15) is 17.5 Å². The maximum atomic E-state index is 9.55. The molecular formula is C25H22N4O3. The molecule has 7 nitrogen and oxygen atoms in total. The highest BCUT2D eigenvalue weighted by Crippen LogP contribution is 2.39. The smallest absolute Gasteiger partial charge is 0.181 e. The predicted molar refractivity (Wildman–Crippen MR) is 117 cm³/mol. The molecule has 1 aliphatic carbocycles. The summed E-state index contributed by atoms with van der Waals surface area (Å²) in [5.41, 5.74) is 4.59. The highest BCUT2D eigenvalue weighted by Gasteiger charge is 2.28. The topological polar surface area (TPSA) is 86.1 Å². The monoisotopic (exact) mass is 426 g/mol. The summed E-state index contributed by atoms with van der Waals surface area (Å²) in [4.78, 5) is 4.07. The van der Waals surface area contributed by atoms with E-state index < -0.39 is 0 Å². The van der Waals surface area contributed by atoms with Gasteiger partial charge in [0.05, 0.1) is 23.3 Å². The van der Waals surface area contributed by atoms with E-state index in [0.29, 0.717) is 11.3 Å². The van der Waals surface area contributed by atoms with Crippen LogP contribution in [0.5, 0.6) is 5.75 Å². The van der Waals surface area contributed by atoms with E-state index in [0.717, 1.165) is 66.6 Å². The lowest BCUT2D eigenvalue weighted by Crippen LogP contribution is -2.19. The van der Waals surface area contributed by atoms with Crippen molar-refractivity contribution in [1.82, 2.24) is 14.8 Å². The van der Waals surface area contributed by atoms with E-state index in [1.807, 2.05) is 35.0 Å². The molecular weight excluding hydrogens is 404 g/mol. The Kier molecular flexibility index (Phi) is 4.66. The zero-order valence-corrected chi connectivity index (χ0v) is 17.5. The van der Waals surface area contributed by atoms with E-state index in [-0.39, 0.29) is 12.3 Å². The van der Waals surface area contributed by atoms with Gasteiger partial charge in [-0.15, -0.1) is 0 Å². The van der Waals surface area contributed by atoms with Crippen LogP contribution in [0.2, 0.25) is 0 Å². The molecule has 2 aromatic heterocycles. The summed E-state index contributed by atoms with van der Waals surface area (Å²) < 4.78 is 19.9. The van der Waals surface area contributed by atoms with Crippen LogP contribution in [0.4, 0.5) is 0 Å². The lowest BCUT2D eigenvalue weighted by Gasteiger charge is -2.23. The third-order valence-corrected chi connectivity index (χ3v) is 6.36. The Labute approximate surface area is 185 Å². The zero-order valence-electron chi connectivity index (χ0n) is 17.5. The number of nitriles is 1. The molecule has 3 heterocycles. The first-order valence-corrected chi connectivity index (χ1v) is 11.0. The Bertz CT molecular complexity index is 1310. The van der Waals surface area contributed by atoms with Crippen molar-refractivity contribution in [3.63, 3.8) is 0 Å². The minimum atomic E-state index is -0.135. The molecule has 4 aromatic rings. The molecule has 0 spiro atoms. The highest BCUT2D eigenvalue weighted by atomic mass is 16.5. The van der Waals surface area contributed by atoms with Crippen molar-refractivity contribution in [2.24, 2.45) is 0 Å². The summed E-state index contributed by atoms with van der Waals surface area (Å²) in [7, 11) is 0. The van der Waals surface area contributed by atoms with E-state index in [2.05, 4.69) is 17.1 Å². The number of oxazole rings is 1. The van der Waals surface area contributed by atoms with Crippen LogP contribution in [0.15, 0.2) is 53.4 Å². The normalized spacial score (nSPS) is 20.2. The second kappa shape index (κ2) is 7.81. The molecule has 2 atom stereocenters. The number of aryl methyl sites for hydroxylation is 1. The second-order valence-corrected chi connectivity index (χ2v) is 8.29. The molecule has 32 heavy (non-hydrogen) atoms. The van der Waals surface area contributed by atoms with E-state index in [1.165, 1.54) is 12.0 Å². The standard InChI is InChI=1S/C25H22N4O3/c26-13-17-5-3-4-16-7-10-21(24(16)17)32-18-8-9-20-19(12-18)25(22-14-27-15-31-22)28-29(20)23-6-1-2-11-30-23/h3-5,8-9,12,14-15,21,23H,1-2,6-7,10-11H2. The fourth-order valence-corrected chi connectivity index (χ4v) is 4.87. The lowest BCUT2D eigenvalue weighted by atomic mass is 10.0. The molecule has 0 amide bonds. The average molecular weight is 426 g/mol. The Morgan fingerprint density at radius 2 is 2.12 bits per heavy atom. The maximum Gasteiger partial charge on any atom is 0.181 e. The van der Waals surface area contributed by atoms with Gasteiger partial charge in [0.2, 0.25) is 0 Å². The highest BCUT2D eigenvalue weighted by molar-refractivity contribution is 5.93. The zero-order chi connectivity index (χ0) is 21.5. The minimum absolute atomic E-state index is 0.0883. The lowest BCUT2D eigenvalue weighted by molar-refractivity contribution is -0.0365. The van der Waals surface area contributed by atoms with Crippen LogP contribution in [0.25, 0.3) is 22.4 Å². The number of hydrogen-bond acceptors (Lipinski definition) is 6. The fraction of sp³-hybridized carbons (Fsp3) is 0.320. The first-order valence-electron chi connectivity index (χ1n) is 11.0. The number of benzene rings is 2. The van der Waals surface area contributed by atoms with Gasteiger partial charge in [-0.25, -0.2) is 9.67 Å². The van der Waals surface area contributed by atoms with Gasteiger partial charge in [-0.1, -0.05) is 12.1 Å². The summed E-state index contributed by atoms with van der Waals surface area (Å²) in [6.45, 7) is 0.743. The van der Waals surface area contributed by atoms with Crippen molar-refractivity contribution < 1.29 is 13.9 Å². The van der Waals surface area contributed by atoms with Gasteiger partial charge in [-0.05, 0) is 61.9 Å². The fourth-order valence-electron chi connectivity index (χ4n) is 4.87. The molecule has 2 aromatic carbocycles.